The van der Waals surface area contributed by atoms with Gasteiger partial charge in [0.1, 0.15) is 6.04 Å². The molecular formula is C23H26F3N5O2. The molecule has 2 N–H and O–H groups in total. The van der Waals surface area contributed by atoms with Gasteiger partial charge in [0.2, 0.25) is 11.8 Å². The Morgan fingerprint density at radius 2 is 1.94 bits per heavy atom. The first-order chi connectivity index (χ1) is 15.6. The summed E-state index contributed by atoms with van der Waals surface area (Å²) in [6.07, 6.45) is -2.15. The highest BCUT2D eigenvalue weighted by Gasteiger charge is 2.56. The van der Waals surface area contributed by atoms with Crippen LogP contribution in [0.2, 0.25) is 0 Å². The van der Waals surface area contributed by atoms with Crippen LogP contribution in [0.15, 0.2) is 24.3 Å². The fourth-order valence-corrected chi connectivity index (χ4v) is 5.92. The van der Waals surface area contributed by atoms with Gasteiger partial charge in [-0.15, -0.1) is 0 Å². The zero-order valence-electron chi connectivity index (χ0n) is 18.2. The number of nitriles is 1. The minimum Gasteiger partial charge on any atom is -0.330 e. The van der Waals surface area contributed by atoms with Crippen molar-refractivity contribution in [2.45, 2.75) is 68.6 Å². The van der Waals surface area contributed by atoms with E-state index in [4.69, 9.17) is 5.73 Å². The summed E-state index contributed by atoms with van der Waals surface area (Å²) in [5, 5.41) is 9.34. The predicted molar refractivity (Wildman–Crippen MR) is 111 cm³/mol. The Balaban J connectivity index is 1.22. The number of piperidine rings is 1. The number of hydrogen-bond acceptors (Lipinski definition) is 5. The maximum Gasteiger partial charge on any atom is 0.416 e. The second-order valence-electron chi connectivity index (χ2n) is 9.70. The Labute approximate surface area is 189 Å². The van der Waals surface area contributed by atoms with Crippen LogP contribution in [0.1, 0.15) is 43.4 Å². The van der Waals surface area contributed by atoms with E-state index in [-0.39, 0.29) is 42.5 Å². The molecule has 3 saturated heterocycles. The number of benzene rings is 1. The predicted octanol–water partition coefficient (Wildman–Crippen LogP) is 1.89. The first kappa shape index (κ1) is 22.2. The number of halogens is 3. The van der Waals surface area contributed by atoms with Crippen LogP contribution in [0.4, 0.5) is 13.2 Å². The van der Waals surface area contributed by atoms with E-state index in [1.54, 1.807) is 9.80 Å². The number of amides is 2. The van der Waals surface area contributed by atoms with Crippen molar-refractivity contribution in [3.8, 4) is 6.07 Å². The fraction of sp³-hybridized carbons (Fsp3) is 0.609. The van der Waals surface area contributed by atoms with Crippen LogP contribution >= 0.6 is 0 Å². The molecule has 1 aromatic rings. The van der Waals surface area contributed by atoms with Crippen molar-refractivity contribution >= 4 is 11.8 Å². The van der Waals surface area contributed by atoms with E-state index in [0.29, 0.717) is 30.9 Å². The van der Waals surface area contributed by atoms with E-state index in [0.717, 1.165) is 18.6 Å². The van der Waals surface area contributed by atoms with Gasteiger partial charge in [-0.1, -0.05) is 12.1 Å². The molecule has 4 aliphatic rings. The Bertz CT molecular complexity index is 1010. The summed E-state index contributed by atoms with van der Waals surface area (Å²) in [4.78, 5) is 31.4. The average Bonchev–Trinajstić information content (AvgIpc) is 3.11. The molecule has 0 spiro atoms. The third-order valence-electron chi connectivity index (χ3n) is 7.71. The second-order valence-corrected chi connectivity index (χ2v) is 9.70. The lowest BCUT2D eigenvalue weighted by molar-refractivity contribution is -0.141. The highest BCUT2D eigenvalue weighted by Crippen LogP contribution is 2.48. The molecule has 0 radical (unpaired) electrons. The highest BCUT2D eigenvalue weighted by molar-refractivity contribution is 5.87. The second kappa shape index (κ2) is 7.71. The summed E-state index contributed by atoms with van der Waals surface area (Å²) >= 11 is 0. The third-order valence-corrected chi connectivity index (χ3v) is 7.71. The zero-order valence-corrected chi connectivity index (χ0v) is 18.2. The first-order valence-electron chi connectivity index (χ1n) is 11.3. The van der Waals surface area contributed by atoms with Gasteiger partial charge in [-0.3, -0.25) is 14.5 Å². The number of rotatable bonds is 5. The molecule has 33 heavy (non-hydrogen) atoms. The number of nitrogens with zero attached hydrogens (tertiary/aromatic N) is 4. The molecule has 176 valence electrons. The van der Waals surface area contributed by atoms with E-state index in [1.807, 2.05) is 11.8 Å². The van der Waals surface area contributed by atoms with Gasteiger partial charge in [0.25, 0.3) is 0 Å². The lowest BCUT2D eigenvalue weighted by atomic mass is 10.0. The minimum atomic E-state index is -4.40. The summed E-state index contributed by atoms with van der Waals surface area (Å²) < 4.78 is 38.6. The van der Waals surface area contributed by atoms with Crippen LogP contribution in [-0.2, 0) is 15.8 Å². The van der Waals surface area contributed by atoms with Gasteiger partial charge >= 0.3 is 6.18 Å². The highest BCUT2D eigenvalue weighted by atomic mass is 19.4. The molecule has 3 aliphatic heterocycles. The van der Waals surface area contributed by atoms with Gasteiger partial charge in [-0.05, 0) is 49.8 Å². The normalized spacial score (nSPS) is 32.6. The third kappa shape index (κ3) is 3.67. The maximum absolute atomic E-state index is 13.1. The van der Waals surface area contributed by atoms with Crippen LogP contribution in [0.3, 0.4) is 0 Å². The van der Waals surface area contributed by atoms with E-state index in [2.05, 4.69) is 6.07 Å². The summed E-state index contributed by atoms with van der Waals surface area (Å²) in [6, 6.07) is 5.23. The van der Waals surface area contributed by atoms with E-state index in [1.165, 1.54) is 12.1 Å². The average molecular weight is 461 g/mol. The monoisotopic (exact) mass is 461 g/mol. The van der Waals surface area contributed by atoms with Gasteiger partial charge < -0.3 is 15.5 Å². The van der Waals surface area contributed by atoms with E-state index in [9.17, 15) is 28.0 Å². The Morgan fingerprint density at radius 3 is 2.55 bits per heavy atom. The molecule has 2 bridgehead atoms. The Hall–Kier alpha value is -2.64. The number of fused-ring (bicyclic) bond motifs is 3. The van der Waals surface area contributed by atoms with Crippen molar-refractivity contribution in [2.24, 2.45) is 11.7 Å². The van der Waals surface area contributed by atoms with Crippen molar-refractivity contribution in [1.29, 1.82) is 5.26 Å². The van der Waals surface area contributed by atoms with Gasteiger partial charge in [0.15, 0.2) is 0 Å². The largest absolute Gasteiger partial charge is 0.416 e. The number of nitrogens with two attached hydrogens (primary N) is 1. The number of alkyl halides is 3. The van der Waals surface area contributed by atoms with Crippen molar-refractivity contribution in [3.05, 3.63) is 35.4 Å². The Morgan fingerprint density at radius 1 is 1.24 bits per heavy atom. The number of carbonyl (C=O) groups is 2. The zero-order chi connectivity index (χ0) is 23.7. The summed E-state index contributed by atoms with van der Waals surface area (Å²) in [7, 11) is 0. The van der Waals surface area contributed by atoms with Crippen LogP contribution < -0.4 is 5.73 Å². The van der Waals surface area contributed by atoms with Crippen LogP contribution in [0.5, 0.6) is 0 Å². The molecular weight excluding hydrogens is 435 g/mol. The molecule has 1 aliphatic carbocycles. The molecule has 3 unspecified atom stereocenters. The van der Waals surface area contributed by atoms with Crippen molar-refractivity contribution in [3.63, 3.8) is 0 Å². The van der Waals surface area contributed by atoms with Gasteiger partial charge in [-0.2, -0.15) is 18.4 Å². The SMILES string of the molecule is CC(c1ccc(C(F)(F)F)cc1)N1C(=O)[C@@H]2C[C@@H]1CN2CC(N)C(=O)N1C(C#N)C[C@@H]2C[C@@H]21. The standard InChI is InChI=1S/C23H26F3N5O2/c1-12(13-2-4-15(5-3-13)23(24,25)26)30-17-8-20(22(30)33)29(10-17)11-18(28)21(32)31-16(9-27)6-14-7-19(14)31/h2-5,12,14,16-20H,6-8,10-11,28H2,1H3/t12?,14-,16?,17-,18?,19+,20+/m1/s1. The molecule has 5 rings (SSSR count). The number of carbonyl (C=O) groups excluding carboxylic acids is 2. The van der Waals surface area contributed by atoms with Crippen molar-refractivity contribution in [1.82, 2.24) is 14.7 Å². The Kier molecular flexibility index (Phi) is 5.18. The summed E-state index contributed by atoms with van der Waals surface area (Å²) in [6.45, 7) is 2.64. The topological polar surface area (TPSA) is 93.7 Å². The smallest absolute Gasteiger partial charge is 0.330 e. The number of piperazine rings is 1. The summed E-state index contributed by atoms with van der Waals surface area (Å²) in [5.41, 5.74) is 6.16. The van der Waals surface area contributed by atoms with Crippen molar-refractivity contribution < 1.29 is 22.8 Å². The maximum atomic E-state index is 13.1. The quantitative estimate of drug-likeness (QED) is 0.723. The molecule has 1 saturated carbocycles. The molecule has 2 amide bonds. The number of hydrogen-bond donors (Lipinski definition) is 1. The lowest BCUT2D eigenvalue weighted by Gasteiger charge is -2.38. The first-order valence-corrected chi connectivity index (χ1v) is 11.3. The van der Waals surface area contributed by atoms with Gasteiger partial charge in [0.05, 0.1) is 29.8 Å². The molecule has 1 aromatic carbocycles. The van der Waals surface area contributed by atoms with Crippen LogP contribution in [-0.4, -0.2) is 69.8 Å². The lowest BCUT2D eigenvalue weighted by Crippen LogP contribution is -2.57. The molecule has 7 atom stereocenters. The minimum absolute atomic E-state index is 0.0754. The molecule has 0 aromatic heterocycles. The van der Waals surface area contributed by atoms with Gasteiger partial charge in [0, 0.05) is 25.2 Å². The molecule has 7 nitrogen and oxygen atoms in total. The van der Waals surface area contributed by atoms with Crippen LogP contribution in [0.25, 0.3) is 0 Å². The van der Waals surface area contributed by atoms with Crippen LogP contribution in [0, 0.1) is 17.2 Å². The van der Waals surface area contributed by atoms with Crippen molar-refractivity contribution in [2.75, 3.05) is 13.1 Å². The van der Waals surface area contributed by atoms with E-state index >= 15 is 0 Å². The fourth-order valence-electron chi connectivity index (χ4n) is 5.92. The number of likely N-dealkylation sites (tertiary alicyclic amines) is 3. The van der Waals surface area contributed by atoms with E-state index < -0.39 is 23.8 Å². The molecule has 4 fully saturated rings. The molecule has 3 heterocycles. The van der Waals surface area contributed by atoms with Gasteiger partial charge in [-0.25, -0.2) is 0 Å². The summed E-state index contributed by atoms with van der Waals surface area (Å²) in [5.74, 6) is 0.101. The molecule has 10 heteroatoms.